The third kappa shape index (κ3) is 2.78. The van der Waals surface area contributed by atoms with Crippen molar-refractivity contribution in [2.75, 3.05) is 0 Å². The minimum Gasteiger partial charge on any atom is -0.256 e. The monoisotopic (exact) mass is 416 g/mol. The molecule has 4 aromatic carbocycles. The first-order chi connectivity index (χ1) is 15.6. The minimum atomic E-state index is -0.203. The summed E-state index contributed by atoms with van der Waals surface area (Å²) in [6.45, 7) is 4.36. The third-order valence-electron chi connectivity index (χ3n) is 6.30. The quantitative estimate of drug-likeness (QED) is 0.267. The fourth-order valence-corrected chi connectivity index (χ4v) is 4.79. The van der Waals surface area contributed by atoms with E-state index in [4.69, 9.17) is 9.97 Å². The second-order valence-corrected chi connectivity index (χ2v) is 8.58. The van der Waals surface area contributed by atoms with Crippen molar-refractivity contribution in [2.45, 2.75) is 19.8 Å². The van der Waals surface area contributed by atoms with Crippen LogP contribution >= 0.6 is 0 Å². The van der Waals surface area contributed by atoms with Gasteiger partial charge in [-0.1, -0.05) is 74.5 Å². The minimum absolute atomic E-state index is 0.203. The topological polar surface area (TPSA) is 25.8 Å². The maximum Gasteiger partial charge on any atom is 0.131 e. The van der Waals surface area contributed by atoms with Crippen LogP contribution in [0.1, 0.15) is 25.5 Å². The van der Waals surface area contributed by atoms with E-state index in [-0.39, 0.29) is 5.82 Å². The Kier molecular flexibility index (Phi) is 4.19. The van der Waals surface area contributed by atoms with Gasteiger partial charge in [-0.05, 0) is 40.3 Å². The number of nitrogens with zero attached hydrogens (tertiary/aromatic N) is 2. The number of rotatable bonds is 2. The molecule has 2 aromatic heterocycles. The molecule has 0 saturated heterocycles. The summed E-state index contributed by atoms with van der Waals surface area (Å²) in [5, 5.41) is 7.11. The maximum absolute atomic E-state index is 14.3. The number of aromatic nitrogens is 2. The average Bonchev–Trinajstić information content (AvgIpc) is 2.82. The molecule has 0 aliphatic heterocycles. The molecule has 0 aliphatic carbocycles. The molecule has 0 spiro atoms. The van der Waals surface area contributed by atoms with E-state index in [0.717, 1.165) is 44.0 Å². The van der Waals surface area contributed by atoms with Crippen LogP contribution < -0.4 is 0 Å². The number of pyridine rings is 2. The molecule has 2 heterocycles. The highest BCUT2D eigenvalue weighted by Gasteiger charge is 2.14. The number of hydrogen-bond donors (Lipinski definition) is 0. The van der Waals surface area contributed by atoms with Gasteiger partial charge >= 0.3 is 0 Å². The van der Waals surface area contributed by atoms with Crippen molar-refractivity contribution < 1.29 is 4.39 Å². The lowest BCUT2D eigenvalue weighted by atomic mass is 9.95. The zero-order valence-electron chi connectivity index (χ0n) is 17.9. The highest BCUT2D eigenvalue weighted by atomic mass is 19.1. The summed E-state index contributed by atoms with van der Waals surface area (Å²) in [5.74, 6) is 0.121. The summed E-state index contributed by atoms with van der Waals surface area (Å²) in [7, 11) is 0. The lowest BCUT2D eigenvalue weighted by Crippen LogP contribution is -1.96. The van der Waals surface area contributed by atoms with Crippen LogP contribution in [0.15, 0.2) is 85.1 Å². The Labute approximate surface area is 185 Å². The second-order valence-electron chi connectivity index (χ2n) is 8.58. The van der Waals surface area contributed by atoms with E-state index < -0.39 is 0 Å². The van der Waals surface area contributed by atoms with Crippen molar-refractivity contribution >= 4 is 43.2 Å². The summed E-state index contributed by atoms with van der Waals surface area (Å²) >= 11 is 0. The SMILES string of the molecule is CC(C)c1nc2cc(-c3nccc4c3ccc3c(F)cccc34)ccc2c2ccccc12. The summed E-state index contributed by atoms with van der Waals surface area (Å²) in [6.07, 6.45) is 1.81. The fraction of sp³-hybridized carbons (Fsp3) is 0.103. The van der Waals surface area contributed by atoms with Gasteiger partial charge in [-0.15, -0.1) is 0 Å². The Hall–Kier alpha value is -3.85. The normalized spacial score (nSPS) is 11.9. The molecule has 0 amide bonds. The third-order valence-corrected chi connectivity index (χ3v) is 6.30. The van der Waals surface area contributed by atoms with Crippen LogP contribution in [0.25, 0.3) is 54.5 Å². The van der Waals surface area contributed by atoms with E-state index in [1.54, 1.807) is 12.3 Å². The zero-order chi connectivity index (χ0) is 21.8. The molecule has 0 saturated carbocycles. The zero-order valence-corrected chi connectivity index (χ0v) is 17.9. The Morgan fingerprint density at radius 3 is 2.19 bits per heavy atom. The van der Waals surface area contributed by atoms with Gasteiger partial charge in [0.2, 0.25) is 0 Å². The van der Waals surface area contributed by atoms with Crippen molar-refractivity contribution in [1.82, 2.24) is 9.97 Å². The van der Waals surface area contributed by atoms with Crippen LogP contribution in [0.5, 0.6) is 0 Å². The molecular formula is C29H21FN2. The van der Waals surface area contributed by atoms with E-state index >= 15 is 0 Å². The molecule has 0 aliphatic rings. The average molecular weight is 416 g/mol. The summed E-state index contributed by atoms with van der Waals surface area (Å²) in [5.41, 5.74) is 3.97. The number of hydrogen-bond acceptors (Lipinski definition) is 2. The number of benzene rings is 4. The van der Waals surface area contributed by atoms with Crippen LogP contribution in [0.3, 0.4) is 0 Å². The summed E-state index contributed by atoms with van der Waals surface area (Å²) in [6, 6.07) is 25.9. The molecule has 2 nitrogen and oxygen atoms in total. The smallest absolute Gasteiger partial charge is 0.131 e. The highest BCUT2D eigenvalue weighted by molar-refractivity contribution is 6.12. The highest BCUT2D eigenvalue weighted by Crippen LogP contribution is 2.35. The van der Waals surface area contributed by atoms with Gasteiger partial charge in [0.15, 0.2) is 0 Å². The predicted octanol–water partition coefficient (Wildman–Crippen LogP) is 8.02. The second kappa shape index (κ2) is 7.10. The lowest BCUT2D eigenvalue weighted by Gasteiger charge is -2.14. The maximum atomic E-state index is 14.3. The van der Waals surface area contributed by atoms with E-state index in [9.17, 15) is 4.39 Å². The van der Waals surface area contributed by atoms with Crippen LogP contribution in [0, 0.1) is 5.82 Å². The summed E-state index contributed by atoms with van der Waals surface area (Å²) < 4.78 is 14.3. The van der Waals surface area contributed by atoms with Crippen molar-refractivity contribution in [2.24, 2.45) is 0 Å². The Bertz CT molecular complexity index is 1670. The van der Waals surface area contributed by atoms with Crippen molar-refractivity contribution in [3.05, 3.63) is 96.6 Å². The molecular weight excluding hydrogens is 395 g/mol. The Morgan fingerprint density at radius 2 is 1.34 bits per heavy atom. The lowest BCUT2D eigenvalue weighted by molar-refractivity contribution is 0.640. The van der Waals surface area contributed by atoms with Gasteiger partial charge in [-0.2, -0.15) is 0 Å². The van der Waals surface area contributed by atoms with E-state index in [1.807, 2.05) is 24.3 Å². The largest absolute Gasteiger partial charge is 0.256 e. The molecule has 6 rings (SSSR count). The van der Waals surface area contributed by atoms with Crippen LogP contribution in [-0.4, -0.2) is 9.97 Å². The molecule has 0 fully saturated rings. The number of halogens is 1. The van der Waals surface area contributed by atoms with Gasteiger partial charge in [-0.25, -0.2) is 4.39 Å². The van der Waals surface area contributed by atoms with Crippen LogP contribution in [0.4, 0.5) is 4.39 Å². The molecule has 0 radical (unpaired) electrons. The van der Waals surface area contributed by atoms with Crippen molar-refractivity contribution in [1.29, 1.82) is 0 Å². The van der Waals surface area contributed by atoms with E-state index in [0.29, 0.717) is 11.3 Å². The molecule has 0 bridgehead atoms. The first kappa shape index (κ1) is 18.9. The molecule has 6 aromatic rings. The van der Waals surface area contributed by atoms with E-state index in [2.05, 4.69) is 56.3 Å². The molecule has 0 N–H and O–H groups in total. The van der Waals surface area contributed by atoms with E-state index in [1.165, 1.54) is 16.8 Å². The van der Waals surface area contributed by atoms with Crippen LogP contribution in [-0.2, 0) is 0 Å². The molecule has 154 valence electrons. The van der Waals surface area contributed by atoms with Crippen molar-refractivity contribution in [3.63, 3.8) is 0 Å². The van der Waals surface area contributed by atoms with Gasteiger partial charge < -0.3 is 0 Å². The molecule has 32 heavy (non-hydrogen) atoms. The molecule has 0 unspecified atom stereocenters. The van der Waals surface area contributed by atoms with Gasteiger partial charge in [0.25, 0.3) is 0 Å². The number of fused-ring (bicyclic) bond motifs is 6. The predicted molar refractivity (Wildman–Crippen MR) is 132 cm³/mol. The molecule has 0 atom stereocenters. The Morgan fingerprint density at radius 1 is 0.656 bits per heavy atom. The molecule has 3 heteroatoms. The standard InChI is InChI=1S/C29H21FN2/c1-17(2)28-24-7-4-3-6-20(24)23-11-10-18(16-27(23)32-28)29-25-13-12-22-19(8-5-9-26(22)30)21(25)14-15-31-29/h3-17H,1-2H3. The van der Waals surface area contributed by atoms with Gasteiger partial charge in [-0.3, -0.25) is 9.97 Å². The van der Waals surface area contributed by atoms with Crippen molar-refractivity contribution in [3.8, 4) is 11.3 Å². The fourth-order valence-electron chi connectivity index (χ4n) is 4.79. The van der Waals surface area contributed by atoms with Crippen LogP contribution in [0.2, 0.25) is 0 Å². The summed E-state index contributed by atoms with van der Waals surface area (Å²) in [4.78, 5) is 9.76. The first-order valence-electron chi connectivity index (χ1n) is 10.9. The van der Waals surface area contributed by atoms with Gasteiger partial charge in [0.1, 0.15) is 5.82 Å². The first-order valence-corrected chi connectivity index (χ1v) is 10.9. The van der Waals surface area contributed by atoms with Gasteiger partial charge in [0.05, 0.1) is 16.9 Å². The van der Waals surface area contributed by atoms with Gasteiger partial charge in [0, 0.05) is 33.3 Å². The Balaban J connectivity index is 1.64.